The number of aryl methyl sites for hydroxylation is 2. The maximum Gasteiger partial charge on any atom is 0.317 e. The quantitative estimate of drug-likeness (QED) is 0.915. The zero-order valence-corrected chi connectivity index (χ0v) is 15.8. The highest BCUT2D eigenvalue weighted by molar-refractivity contribution is 5.74. The molecule has 140 valence electrons. The molecule has 1 saturated heterocycles. The highest BCUT2D eigenvalue weighted by Crippen LogP contribution is 2.19. The third-order valence-electron chi connectivity index (χ3n) is 5.16. The van der Waals surface area contributed by atoms with Gasteiger partial charge in [0.25, 0.3) is 0 Å². The van der Waals surface area contributed by atoms with Gasteiger partial charge in [-0.2, -0.15) is 5.10 Å². The van der Waals surface area contributed by atoms with E-state index in [1.807, 2.05) is 24.1 Å². The molecule has 1 fully saturated rings. The molecule has 2 aromatic rings. The lowest BCUT2D eigenvalue weighted by atomic mass is 10.0. The van der Waals surface area contributed by atoms with E-state index in [4.69, 9.17) is 0 Å². The molecule has 1 atom stereocenters. The van der Waals surface area contributed by atoms with Crippen LogP contribution in [0.2, 0.25) is 0 Å². The monoisotopic (exact) mass is 355 g/mol. The van der Waals surface area contributed by atoms with Crippen LogP contribution in [0.3, 0.4) is 0 Å². The van der Waals surface area contributed by atoms with Crippen LogP contribution in [0.1, 0.15) is 31.0 Å². The first-order valence-electron chi connectivity index (χ1n) is 9.14. The van der Waals surface area contributed by atoms with E-state index in [0.29, 0.717) is 6.54 Å². The van der Waals surface area contributed by atoms with E-state index in [1.165, 1.54) is 11.1 Å². The van der Waals surface area contributed by atoms with E-state index in [1.54, 1.807) is 6.20 Å². The van der Waals surface area contributed by atoms with Crippen molar-refractivity contribution in [3.05, 3.63) is 53.2 Å². The van der Waals surface area contributed by atoms with Gasteiger partial charge in [-0.3, -0.25) is 0 Å². The van der Waals surface area contributed by atoms with E-state index in [9.17, 15) is 4.79 Å². The molecule has 2 amide bonds. The number of piperidine rings is 1. The number of nitrogens with zero attached hydrogens (tertiary/aromatic N) is 4. The van der Waals surface area contributed by atoms with Crippen LogP contribution < -0.4 is 10.2 Å². The highest BCUT2D eigenvalue weighted by Gasteiger charge is 2.26. The fourth-order valence-electron chi connectivity index (χ4n) is 3.32. The van der Waals surface area contributed by atoms with Gasteiger partial charge in [-0.05, 0) is 55.5 Å². The Kier molecular flexibility index (Phi) is 5.71. The molecule has 0 aliphatic carbocycles. The Morgan fingerprint density at radius 2 is 2.19 bits per heavy atom. The maximum absolute atomic E-state index is 12.6. The Hall–Kier alpha value is -2.63. The third-order valence-corrected chi connectivity index (χ3v) is 5.16. The molecule has 0 saturated carbocycles. The molecule has 1 aliphatic heterocycles. The largest absolute Gasteiger partial charge is 0.353 e. The van der Waals surface area contributed by atoms with Gasteiger partial charge in [-0.25, -0.2) is 4.79 Å². The summed E-state index contributed by atoms with van der Waals surface area (Å²) < 4.78 is 0. The summed E-state index contributed by atoms with van der Waals surface area (Å²) in [5.74, 6) is 0.876. The number of carbonyl (C=O) groups is 1. The molecular formula is C20H29N5O. The summed E-state index contributed by atoms with van der Waals surface area (Å²) in [5.41, 5.74) is 3.64. The standard InChI is InChI=1S/C20H27N5O.H2/c1-15-8-9-17(12-16(15)2)13-21-20(26)24(3)18-6-5-11-25(14-18)19-7-4-10-22-23-19;/h4,7-10,12,18H,5-6,11,13-14H2,1-3H3,(H,21,26);1H/t18-;/m1./s1. The van der Waals surface area contributed by atoms with E-state index in [-0.39, 0.29) is 13.5 Å². The molecule has 0 unspecified atom stereocenters. The molecular weight excluding hydrogens is 326 g/mol. The number of likely N-dealkylation sites (N-methyl/N-ethyl adjacent to an activating group) is 1. The van der Waals surface area contributed by atoms with Gasteiger partial charge in [0.15, 0.2) is 5.82 Å². The second-order valence-corrected chi connectivity index (χ2v) is 7.01. The van der Waals surface area contributed by atoms with Crippen molar-refractivity contribution >= 4 is 11.8 Å². The van der Waals surface area contributed by atoms with E-state index >= 15 is 0 Å². The zero-order chi connectivity index (χ0) is 18.5. The van der Waals surface area contributed by atoms with Crippen LogP contribution in [0, 0.1) is 13.8 Å². The maximum atomic E-state index is 12.6. The fourth-order valence-corrected chi connectivity index (χ4v) is 3.32. The minimum absolute atomic E-state index is 0. The van der Waals surface area contributed by atoms with Gasteiger partial charge in [-0.1, -0.05) is 18.2 Å². The van der Waals surface area contributed by atoms with Crippen molar-refractivity contribution in [2.24, 2.45) is 0 Å². The van der Waals surface area contributed by atoms with Gasteiger partial charge in [-0.15, -0.1) is 5.10 Å². The molecule has 1 aromatic heterocycles. The number of hydrogen-bond donors (Lipinski definition) is 1. The first-order valence-corrected chi connectivity index (χ1v) is 9.14. The van der Waals surface area contributed by atoms with Crippen LogP contribution in [-0.2, 0) is 6.54 Å². The summed E-state index contributed by atoms with van der Waals surface area (Å²) in [4.78, 5) is 16.6. The summed E-state index contributed by atoms with van der Waals surface area (Å²) in [6.45, 7) is 6.47. The number of benzene rings is 1. The number of urea groups is 1. The molecule has 1 N–H and O–H groups in total. The van der Waals surface area contributed by atoms with Crippen LogP contribution in [0.25, 0.3) is 0 Å². The van der Waals surface area contributed by atoms with Crippen molar-refractivity contribution in [2.45, 2.75) is 39.3 Å². The van der Waals surface area contributed by atoms with Gasteiger partial charge in [0.2, 0.25) is 0 Å². The van der Waals surface area contributed by atoms with Gasteiger partial charge < -0.3 is 15.1 Å². The van der Waals surface area contributed by atoms with Crippen LogP contribution in [0.5, 0.6) is 0 Å². The van der Waals surface area contributed by atoms with Crippen molar-refractivity contribution in [3.63, 3.8) is 0 Å². The second kappa shape index (κ2) is 8.17. The predicted octanol–water partition coefficient (Wildman–Crippen LogP) is 3.15. The second-order valence-electron chi connectivity index (χ2n) is 7.01. The molecule has 2 heterocycles. The summed E-state index contributed by atoms with van der Waals surface area (Å²) in [6, 6.07) is 10.3. The smallest absolute Gasteiger partial charge is 0.317 e. The molecule has 6 heteroatoms. The Morgan fingerprint density at radius 1 is 1.35 bits per heavy atom. The minimum Gasteiger partial charge on any atom is -0.353 e. The van der Waals surface area contributed by atoms with E-state index in [0.717, 1.165) is 37.3 Å². The fraction of sp³-hybridized carbons (Fsp3) is 0.450. The first-order chi connectivity index (χ1) is 12.5. The predicted molar refractivity (Wildman–Crippen MR) is 105 cm³/mol. The lowest BCUT2D eigenvalue weighted by molar-refractivity contribution is 0.182. The highest BCUT2D eigenvalue weighted by atomic mass is 16.2. The van der Waals surface area contributed by atoms with Gasteiger partial charge in [0, 0.05) is 34.3 Å². The first kappa shape index (κ1) is 18.2. The van der Waals surface area contributed by atoms with Crippen molar-refractivity contribution in [3.8, 4) is 0 Å². The van der Waals surface area contributed by atoms with Crippen LogP contribution >= 0.6 is 0 Å². The van der Waals surface area contributed by atoms with Crippen LogP contribution in [0.15, 0.2) is 36.5 Å². The van der Waals surface area contributed by atoms with E-state index in [2.05, 4.69) is 52.5 Å². The zero-order valence-electron chi connectivity index (χ0n) is 15.8. The number of carbonyl (C=O) groups excluding carboxylic acids is 1. The third kappa shape index (κ3) is 4.31. The molecule has 6 nitrogen and oxygen atoms in total. The minimum atomic E-state index is -0.0331. The van der Waals surface area contributed by atoms with Gasteiger partial charge in [0.05, 0.1) is 6.04 Å². The molecule has 1 aromatic carbocycles. The summed E-state index contributed by atoms with van der Waals surface area (Å²) >= 11 is 0. The summed E-state index contributed by atoms with van der Waals surface area (Å²) in [7, 11) is 1.88. The Morgan fingerprint density at radius 3 is 2.92 bits per heavy atom. The van der Waals surface area contributed by atoms with Crippen molar-refractivity contribution in [1.82, 2.24) is 20.4 Å². The molecule has 0 spiro atoms. The Balaban J connectivity index is 0.00000261. The Labute approximate surface area is 156 Å². The number of anilines is 1. The molecule has 1 aliphatic rings. The van der Waals surface area contributed by atoms with E-state index < -0.39 is 0 Å². The number of hydrogen-bond acceptors (Lipinski definition) is 4. The number of amides is 2. The van der Waals surface area contributed by atoms with Gasteiger partial charge >= 0.3 is 6.03 Å². The molecule has 0 radical (unpaired) electrons. The van der Waals surface area contributed by atoms with Crippen molar-refractivity contribution in [1.29, 1.82) is 0 Å². The lowest BCUT2D eigenvalue weighted by Crippen LogP contribution is -2.51. The molecule has 3 rings (SSSR count). The number of aromatic nitrogens is 2. The molecule has 0 bridgehead atoms. The SMILES string of the molecule is Cc1ccc(CNC(=O)N(C)[C@@H]2CCCN(c3cccnn3)C2)cc1C.[HH]. The lowest BCUT2D eigenvalue weighted by Gasteiger charge is -2.37. The van der Waals surface area contributed by atoms with Crippen molar-refractivity contribution < 1.29 is 6.22 Å². The summed E-state index contributed by atoms with van der Waals surface area (Å²) in [6.07, 6.45) is 3.72. The van der Waals surface area contributed by atoms with Crippen LogP contribution in [0.4, 0.5) is 10.6 Å². The van der Waals surface area contributed by atoms with Crippen molar-refractivity contribution in [2.75, 3.05) is 25.0 Å². The molecule has 26 heavy (non-hydrogen) atoms. The average molecular weight is 355 g/mol. The average Bonchev–Trinajstić information content (AvgIpc) is 2.69. The number of nitrogens with one attached hydrogen (secondary N) is 1. The van der Waals surface area contributed by atoms with Crippen LogP contribution in [-0.4, -0.2) is 47.3 Å². The Bertz CT molecular complexity index is 755. The topological polar surface area (TPSA) is 61.4 Å². The normalized spacial score (nSPS) is 17.0. The summed E-state index contributed by atoms with van der Waals surface area (Å²) in [5, 5.41) is 11.2. The van der Waals surface area contributed by atoms with Gasteiger partial charge in [0.1, 0.15) is 0 Å². The number of rotatable bonds is 4.